The Bertz CT molecular complexity index is 2080. The minimum atomic E-state index is -0.301. The molecule has 49 heavy (non-hydrogen) atoms. The van der Waals surface area contributed by atoms with Crippen LogP contribution in [0.15, 0.2) is 59.7 Å². The topological polar surface area (TPSA) is 61.8 Å². The van der Waals surface area contributed by atoms with Gasteiger partial charge in [0.2, 0.25) is 0 Å². The van der Waals surface area contributed by atoms with Crippen molar-refractivity contribution in [1.82, 2.24) is 9.80 Å². The summed E-state index contributed by atoms with van der Waals surface area (Å²) in [6, 6.07) is 9.65. The number of hydrogen-bond acceptors (Lipinski definition) is 6. The number of likely N-dealkylation sites (tertiary alicyclic amines) is 2. The van der Waals surface area contributed by atoms with Crippen molar-refractivity contribution in [3.05, 3.63) is 87.5 Å². The van der Waals surface area contributed by atoms with E-state index in [9.17, 15) is 9.90 Å². The summed E-state index contributed by atoms with van der Waals surface area (Å²) in [7, 11) is 4.55. The molecule has 2 aromatic rings. The number of likely N-dealkylation sites (N-methyl/N-ethyl adjacent to an activating group) is 2. The van der Waals surface area contributed by atoms with Gasteiger partial charge in [0.25, 0.3) is 0 Å². The van der Waals surface area contributed by atoms with Crippen LogP contribution in [0.5, 0.6) is 17.2 Å². The molecule has 0 amide bonds. The number of benzene rings is 2. The summed E-state index contributed by atoms with van der Waals surface area (Å²) in [6.07, 6.45) is 15.2. The SMILES string of the molecule is C.C.CC(=O)C1CC23C=CC1(C)C1Oc4c(O)ccc5c4[C@@]12CC1(C5)[C@H]3N1C.CC1=CC=C2[C@@H]3N(C)C34Cc3ccc(C)c5c3[C@@]2(C4)C1O5. The maximum Gasteiger partial charge on any atom is 0.165 e. The molecule has 6 bridgehead atoms. The summed E-state index contributed by atoms with van der Waals surface area (Å²) in [5, 5.41) is 10.6. The summed E-state index contributed by atoms with van der Waals surface area (Å²) in [5.41, 5.74) is 10.3. The van der Waals surface area contributed by atoms with E-state index in [2.05, 4.69) is 87.2 Å². The van der Waals surface area contributed by atoms with Crippen molar-refractivity contribution in [3.8, 4) is 17.2 Å². The fourth-order valence-electron chi connectivity index (χ4n) is 14.6. The Hall–Kier alpha value is -3.35. The number of hydrogen-bond donors (Lipinski definition) is 1. The van der Waals surface area contributed by atoms with E-state index >= 15 is 0 Å². The summed E-state index contributed by atoms with van der Waals surface area (Å²) in [6.45, 7) is 8.38. The van der Waals surface area contributed by atoms with E-state index in [0.29, 0.717) is 23.4 Å². The lowest BCUT2D eigenvalue weighted by molar-refractivity contribution is -0.144. The van der Waals surface area contributed by atoms with Crippen molar-refractivity contribution in [1.29, 1.82) is 0 Å². The van der Waals surface area contributed by atoms with Gasteiger partial charge in [-0.15, -0.1) is 0 Å². The van der Waals surface area contributed by atoms with E-state index in [-0.39, 0.29) is 71.7 Å². The summed E-state index contributed by atoms with van der Waals surface area (Å²) in [5.74, 6) is 2.42. The van der Waals surface area contributed by atoms with Crippen molar-refractivity contribution < 1.29 is 19.4 Å². The molecule has 6 heteroatoms. The number of carbonyl (C=O) groups excluding carboxylic acids is 1. The number of allylic oxidation sites excluding steroid dienone is 2. The van der Waals surface area contributed by atoms with Gasteiger partial charge in [-0.05, 0) is 101 Å². The third kappa shape index (κ3) is 2.66. The Balaban J connectivity index is 0.000000122. The van der Waals surface area contributed by atoms with E-state index in [4.69, 9.17) is 9.47 Å². The average Bonchev–Trinajstić information content (AvgIpc) is 3.46. The van der Waals surface area contributed by atoms with E-state index in [1.54, 1.807) is 18.6 Å². The van der Waals surface area contributed by atoms with Crippen LogP contribution in [-0.4, -0.2) is 70.2 Å². The Kier molecular flexibility index (Phi) is 5.12. The Morgan fingerprint density at radius 1 is 0.898 bits per heavy atom. The van der Waals surface area contributed by atoms with Gasteiger partial charge >= 0.3 is 0 Å². The highest BCUT2D eigenvalue weighted by atomic mass is 16.5. The molecule has 4 heterocycles. The van der Waals surface area contributed by atoms with Crippen molar-refractivity contribution >= 4 is 5.78 Å². The second-order valence-electron chi connectivity index (χ2n) is 17.7. The van der Waals surface area contributed by atoms with E-state index in [1.807, 2.05) is 0 Å². The molecule has 9 unspecified atom stereocenters. The zero-order valence-electron chi connectivity index (χ0n) is 28.1. The van der Waals surface area contributed by atoms with E-state index in [1.165, 1.54) is 52.0 Å². The quantitative estimate of drug-likeness (QED) is 0.271. The molecular formula is C43H50N2O4. The molecule has 14 rings (SSSR count). The van der Waals surface area contributed by atoms with Gasteiger partial charge in [0.15, 0.2) is 11.5 Å². The van der Waals surface area contributed by atoms with Gasteiger partial charge in [-0.1, -0.05) is 64.3 Å². The number of ether oxygens (including phenoxy) is 2. The maximum atomic E-state index is 12.6. The van der Waals surface area contributed by atoms with Crippen LogP contribution in [0.1, 0.15) is 82.7 Å². The van der Waals surface area contributed by atoms with Gasteiger partial charge in [-0.2, -0.15) is 0 Å². The largest absolute Gasteiger partial charge is 0.504 e. The molecule has 13 atom stereocenters. The predicted octanol–water partition coefficient (Wildman–Crippen LogP) is 6.74. The zero-order valence-corrected chi connectivity index (χ0v) is 28.1. The second-order valence-corrected chi connectivity index (χ2v) is 17.7. The van der Waals surface area contributed by atoms with Crippen LogP contribution < -0.4 is 9.47 Å². The number of phenolic OH excluding ortho intramolecular Hbond substituents is 1. The van der Waals surface area contributed by atoms with Crippen LogP contribution in [0.3, 0.4) is 0 Å². The first-order valence-corrected chi connectivity index (χ1v) is 17.8. The number of piperidine rings is 2. The van der Waals surface area contributed by atoms with Crippen LogP contribution in [0.4, 0.5) is 0 Å². The van der Waals surface area contributed by atoms with Crippen LogP contribution in [0.25, 0.3) is 0 Å². The second kappa shape index (κ2) is 8.23. The third-order valence-corrected chi connectivity index (χ3v) is 16.3. The molecular weight excluding hydrogens is 608 g/mol. The number of phenols is 1. The standard InChI is InChI=1S/C22H23NO3.C19H19NO.2CH4/c1-11(24)13-9-20-7-6-19(13,2)18-22(20)10-21(17(20)23(21)3)8-12-4-5-14(25)16(26-18)15(12)22;1-10-4-6-12-8-18-9-19-13(16(18)20(18)3)7-5-11(2)17(19)21-15(10)14(12)19;;/h4-7,13,17-18,25H,8-10H2,1-3H3;4-7,16-17H,8-9H2,1-3H3;2*1H4/t13?,17-,18?,19?,20?,21?,22-,23?;16-,17?,18?,19-,20?;;/m00../s1. The summed E-state index contributed by atoms with van der Waals surface area (Å²) in [4.78, 5) is 17.8. The zero-order chi connectivity index (χ0) is 32.0. The van der Waals surface area contributed by atoms with Gasteiger partial charge in [0.1, 0.15) is 23.7 Å². The highest BCUT2D eigenvalue weighted by molar-refractivity contribution is 5.82. The molecule has 2 aromatic carbocycles. The Morgan fingerprint density at radius 2 is 1.63 bits per heavy atom. The van der Waals surface area contributed by atoms with Crippen molar-refractivity contribution in [2.75, 3.05) is 14.1 Å². The third-order valence-electron chi connectivity index (χ3n) is 16.3. The lowest BCUT2D eigenvalue weighted by Gasteiger charge is -2.63. The fraction of sp³-hybridized carbons (Fsp3) is 0.558. The molecule has 3 saturated carbocycles. The molecule has 12 aliphatic rings. The number of carbonyl (C=O) groups is 1. The highest BCUT2D eigenvalue weighted by Crippen LogP contribution is 2.84. The fourth-order valence-corrected chi connectivity index (χ4v) is 14.6. The van der Waals surface area contributed by atoms with E-state index < -0.39 is 0 Å². The maximum absolute atomic E-state index is 12.6. The molecule has 5 fully saturated rings. The lowest BCUT2D eigenvalue weighted by Crippen LogP contribution is -2.68. The summed E-state index contributed by atoms with van der Waals surface area (Å²) >= 11 is 0. The smallest absolute Gasteiger partial charge is 0.165 e. The molecule has 0 aromatic heterocycles. The van der Waals surface area contributed by atoms with E-state index in [0.717, 1.165) is 19.3 Å². The molecule has 1 N–H and O–H groups in total. The first-order valence-electron chi connectivity index (χ1n) is 17.8. The molecule has 4 aliphatic heterocycles. The van der Waals surface area contributed by atoms with Crippen molar-refractivity contribution in [2.45, 2.75) is 121 Å². The molecule has 8 aliphatic carbocycles. The predicted molar refractivity (Wildman–Crippen MR) is 190 cm³/mol. The van der Waals surface area contributed by atoms with Crippen LogP contribution in [0.2, 0.25) is 0 Å². The molecule has 6 nitrogen and oxygen atoms in total. The van der Waals surface area contributed by atoms with Crippen molar-refractivity contribution in [3.63, 3.8) is 0 Å². The monoisotopic (exact) mass is 658 g/mol. The highest BCUT2D eigenvalue weighted by Gasteiger charge is 2.90. The number of rotatable bonds is 1. The normalized spacial score (nSPS) is 49.2. The minimum absolute atomic E-state index is 0. The van der Waals surface area contributed by atoms with Gasteiger partial charge in [0.05, 0.1) is 11.5 Å². The van der Waals surface area contributed by atoms with Crippen molar-refractivity contribution in [2.24, 2.45) is 16.7 Å². The first-order chi connectivity index (χ1) is 22.4. The number of aryl methyl sites for hydroxylation is 1. The number of nitrogens with zero attached hydrogens (tertiary/aromatic N) is 2. The van der Waals surface area contributed by atoms with Gasteiger partial charge < -0.3 is 14.6 Å². The number of ketones is 1. The van der Waals surface area contributed by atoms with Gasteiger partial charge in [0, 0.05) is 50.4 Å². The molecule has 0 radical (unpaired) electrons. The number of fused-ring (bicyclic) bond motifs is 2. The molecule has 2 saturated heterocycles. The number of Topliss-reactive ketones (excluding diaryl/α,β-unsaturated/α-hetero) is 1. The molecule has 5 spiro atoms. The van der Waals surface area contributed by atoms with Gasteiger partial charge in [-0.3, -0.25) is 14.6 Å². The van der Waals surface area contributed by atoms with Crippen LogP contribution in [0, 0.1) is 23.7 Å². The first kappa shape index (κ1) is 30.5. The van der Waals surface area contributed by atoms with Crippen LogP contribution in [-0.2, 0) is 28.5 Å². The van der Waals surface area contributed by atoms with Crippen LogP contribution >= 0.6 is 0 Å². The minimum Gasteiger partial charge on any atom is -0.504 e. The van der Waals surface area contributed by atoms with Gasteiger partial charge in [-0.25, -0.2) is 0 Å². The molecule has 256 valence electrons. The summed E-state index contributed by atoms with van der Waals surface area (Å²) < 4.78 is 13.1. The average molecular weight is 659 g/mol. The Labute approximate surface area is 290 Å². The Morgan fingerprint density at radius 3 is 2.41 bits per heavy atom. The lowest BCUT2D eigenvalue weighted by atomic mass is 9.40. The number of aromatic hydroxyl groups is 1.